The Morgan fingerprint density at radius 1 is 1.05 bits per heavy atom. The average Bonchev–Trinajstić information content (AvgIpc) is 3.17. The molecule has 0 saturated heterocycles. The van der Waals surface area contributed by atoms with Crippen molar-refractivity contribution >= 4 is 23.8 Å². The minimum absolute atomic E-state index is 0. The van der Waals surface area contributed by atoms with Crippen molar-refractivity contribution in [1.82, 2.24) is 0 Å². The molecular formula is C30H31CoN3O4. The predicted octanol–water partition coefficient (Wildman–Crippen LogP) is 5.69. The average molecular weight is 557 g/mol. The van der Waals surface area contributed by atoms with Gasteiger partial charge in [0.2, 0.25) is 5.90 Å². The molecule has 4 rings (SSSR count). The zero-order chi connectivity index (χ0) is 26.4. The van der Waals surface area contributed by atoms with Gasteiger partial charge in [-0.3, -0.25) is 0 Å². The summed E-state index contributed by atoms with van der Waals surface area (Å²) < 4.78 is 10.6. The first-order valence-corrected chi connectivity index (χ1v) is 12.1. The Morgan fingerprint density at radius 2 is 1.76 bits per heavy atom. The third-order valence-electron chi connectivity index (χ3n) is 6.71. The third-order valence-corrected chi connectivity index (χ3v) is 6.71. The van der Waals surface area contributed by atoms with Gasteiger partial charge in [-0.1, -0.05) is 36.4 Å². The fourth-order valence-corrected chi connectivity index (χ4v) is 4.89. The minimum Gasteiger partial charge on any atom is -0.497 e. The maximum absolute atomic E-state index is 12.5. The molecule has 1 unspecified atom stereocenters. The van der Waals surface area contributed by atoms with E-state index in [1.165, 1.54) is 7.11 Å². The Kier molecular flexibility index (Phi) is 9.49. The van der Waals surface area contributed by atoms with Crippen molar-refractivity contribution in [2.75, 3.05) is 25.7 Å². The molecule has 1 atom stereocenters. The molecule has 199 valence electrons. The van der Waals surface area contributed by atoms with Crippen LogP contribution in [-0.4, -0.2) is 44.0 Å². The minimum atomic E-state index is -0.513. The van der Waals surface area contributed by atoms with Crippen LogP contribution < -0.4 is 9.64 Å². The first kappa shape index (κ1) is 28.7. The van der Waals surface area contributed by atoms with Crippen molar-refractivity contribution in [3.8, 4) is 5.75 Å². The molecule has 1 heterocycles. The van der Waals surface area contributed by atoms with E-state index in [-0.39, 0.29) is 28.6 Å². The number of likely N-dealkylation sites (N-methyl/N-ethyl adjacent to an activating group) is 1. The Hall–Kier alpha value is -3.88. The molecule has 7 nitrogen and oxygen atoms in total. The Labute approximate surface area is 233 Å². The molecule has 38 heavy (non-hydrogen) atoms. The van der Waals surface area contributed by atoms with Gasteiger partial charge in [-0.2, -0.15) is 5.10 Å². The second-order valence-electron chi connectivity index (χ2n) is 8.89. The zero-order valence-electron chi connectivity index (χ0n) is 21.8. The van der Waals surface area contributed by atoms with Crippen LogP contribution in [0.2, 0.25) is 0 Å². The van der Waals surface area contributed by atoms with Crippen LogP contribution >= 0.6 is 0 Å². The smallest absolute Gasteiger partial charge is 0.338 e. The van der Waals surface area contributed by atoms with Crippen LogP contribution in [0.5, 0.6) is 5.75 Å². The van der Waals surface area contributed by atoms with Crippen molar-refractivity contribution in [2.24, 2.45) is 10.2 Å². The molecule has 1 N–H and O–H groups in total. The van der Waals surface area contributed by atoms with E-state index in [0.29, 0.717) is 17.5 Å². The monoisotopic (exact) mass is 556 g/mol. The maximum Gasteiger partial charge on any atom is 0.338 e. The molecule has 0 bridgehead atoms. The first-order chi connectivity index (χ1) is 17.9. The van der Waals surface area contributed by atoms with E-state index in [0.717, 1.165) is 34.8 Å². The number of aliphatic hydroxyl groups is 1. The standard InChI is InChI=1S/C30H31N3O4.Co/c1-5-33-26-16-15-23(36-3)19-25(26)30(2,20-22-13-9-10-14-24(22)29(35)37-4)27(33)17-18-31-32-28(34)21-11-7-6-8-12-21;/h6-19H,5,20H2,1-4H3,(H,32,34);/b27-17-,31-18+;. The van der Waals surface area contributed by atoms with Gasteiger partial charge in [0.1, 0.15) is 5.75 Å². The molecule has 0 fully saturated rings. The summed E-state index contributed by atoms with van der Waals surface area (Å²) in [7, 11) is 3.04. The van der Waals surface area contributed by atoms with E-state index in [2.05, 4.69) is 41.1 Å². The number of hydrogen-bond donors (Lipinski definition) is 1. The van der Waals surface area contributed by atoms with E-state index in [1.807, 2.05) is 48.5 Å². The van der Waals surface area contributed by atoms with Crippen LogP contribution in [-0.2, 0) is 33.4 Å². The van der Waals surface area contributed by atoms with Crippen molar-refractivity contribution in [2.45, 2.75) is 25.7 Å². The summed E-state index contributed by atoms with van der Waals surface area (Å²) in [5, 5.41) is 18.3. The summed E-state index contributed by atoms with van der Waals surface area (Å²) in [5.74, 6) is 0.236. The number of hydrogen-bond acceptors (Lipinski definition) is 6. The van der Waals surface area contributed by atoms with Gasteiger partial charge in [0.05, 0.1) is 26.0 Å². The molecule has 1 radical (unpaired) electrons. The number of carbonyl (C=O) groups is 1. The number of nitrogens with zero attached hydrogens (tertiary/aromatic N) is 3. The molecule has 0 saturated carbocycles. The van der Waals surface area contributed by atoms with Crippen molar-refractivity contribution in [3.05, 3.63) is 107 Å². The number of fused-ring (bicyclic) bond motifs is 1. The van der Waals surface area contributed by atoms with Crippen LogP contribution in [0.15, 0.2) is 94.8 Å². The van der Waals surface area contributed by atoms with E-state index in [1.54, 1.807) is 31.5 Å². The van der Waals surface area contributed by atoms with Gasteiger partial charge >= 0.3 is 5.97 Å². The molecule has 0 amide bonds. The number of aliphatic hydroxyl groups excluding tert-OH is 1. The van der Waals surface area contributed by atoms with E-state index >= 15 is 0 Å². The summed E-state index contributed by atoms with van der Waals surface area (Å²) in [6.07, 6.45) is 4.05. The molecule has 3 aromatic rings. The van der Waals surface area contributed by atoms with Crippen LogP contribution in [0.1, 0.15) is 40.9 Å². The van der Waals surface area contributed by atoms with Crippen molar-refractivity contribution < 1.29 is 36.2 Å². The Morgan fingerprint density at radius 3 is 2.45 bits per heavy atom. The fraction of sp³-hybridized carbons (Fsp3) is 0.233. The molecule has 8 heteroatoms. The van der Waals surface area contributed by atoms with Crippen LogP contribution in [0.25, 0.3) is 0 Å². The molecule has 0 spiro atoms. The molecule has 0 aliphatic carbocycles. The number of anilines is 1. The number of ether oxygens (including phenoxy) is 2. The van der Waals surface area contributed by atoms with Crippen LogP contribution in [0.3, 0.4) is 0 Å². The SMILES string of the molecule is CCN1\C(=C/C=N/N=C(\O)c2ccccc2)C(C)(Cc2ccccc2C(=O)OC)c2cc(OC)ccc21.[Co]. The second kappa shape index (κ2) is 12.6. The van der Waals surface area contributed by atoms with Crippen molar-refractivity contribution in [3.63, 3.8) is 0 Å². The number of benzene rings is 3. The van der Waals surface area contributed by atoms with Gasteiger partial charge in [-0.15, -0.1) is 5.10 Å². The number of allylic oxidation sites excluding steroid dienone is 2. The molecule has 1 aliphatic rings. The summed E-state index contributed by atoms with van der Waals surface area (Å²) in [4.78, 5) is 14.7. The predicted molar refractivity (Wildman–Crippen MR) is 147 cm³/mol. The topological polar surface area (TPSA) is 83.7 Å². The summed E-state index contributed by atoms with van der Waals surface area (Å²) in [6, 6.07) is 22.6. The van der Waals surface area contributed by atoms with Gasteiger partial charge in [0.15, 0.2) is 0 Å². The van der Waals surface area contributed by atoms with E-state index < -0.39 is 5.41 Å². The molecule has 0 aromatic heterocycles. The van der Waals surface area contributed by atoms with Gasteiger partial charge in [-0.05, 0) is 73.9 Å². The van der Waals surface area contributed by atoms with Gasteiger partial charge in [0.25, 0.3) is 0 Å². The Balaban J connectivity index is 0.00000400. The Bertz CT molecular complexity index is 1370. The number of rotatable bonds is 8. The van der Waals surface area contributed by atoms with E-state index in [4.69, 9.17) is 9.47 Å². The summed E-state index contributed by atoms with van der Waals surface area (Å²) in [6.45, 7) is 4.97. The second-order valence-corrected chi connectivity index (χ2v) is 8.89. The van der Waals surface area contributed by atoms with Gasteiger partial charge in [0, 0.05) is 45.7 Å². The van der Waals surface area contributed by atoms with E-state index in [9.17, 15) is 9.90 Å². The van der Waals surface area contributed by atoms with Crippen LogP contribution in [0, 0.1) is 0 Å². The largest absolute Gasteiger partial charge is 0.497 e. The maximum atomic E-state index is 12.5. The summed E-state index contributed by atoms with van der Waals surface area (Å²) >= 11 is 0. The molecule has 3 aromatic carbocycles. The normalized spacial score (nSPS) is 17.8. The zero-order valence-corrected chi connectivity index (χ0v) is 22.9. The number of carbonyl (C=O) groups excluding carboxylic acids is 1. The fourth-order valence-electron chi connectivity index (χ4n) is 4.89. The number of methoxy groups -OCH3 is 2. The number of esters is 1. The molecular weight excluding hydrogens is 525 g/mol. The van der Waals surface area contributed by atoms with Gasteiger partial charge < -0.3 is 19.5 Å². The van der Waals surface area contributed by atoms with Crippen molar-refractivity contribution in [1.29, 1.82) is 0 Å². The quantitative estimate of drug-likeness (QED) is 0.167. The van der Waals surface area contributed by atoms with Gasteiger partial charge in [-0.25, -0.2) is 4.79 Å². The third kappa shape index (κ3) is 5.66. The first-order valence-electron chi connectivity index (χ1n) is 12.1. The molecule has 1 aliphatic heterocycles. The summed E-state index contributed by atoms with van der Waals surface area (Å²) in [5.41, 5.74) is 4.65. The van der Waals surface area contributed by atoms with Crippen LogP contribution in [0.4, 0.5) is 5.69 Å².